The number of benzene rings is 1. The van der Waals surface area contributed by atoms with Gasteiger partial charge in [-0.25, -0.2) is 9.97 Å². The van der Waals surface area contributed by atoms with Crippen LogP contribution in [0.2, 0.25) is 0 Å². The maximum atomic E-state index is 12.4. The van der Waals surface area contributed by atoms with E-state index in [-0.39, 0.29) is 11.7 Å². The quantitative estimate of drug-likeness (QED) is 0.626. The molecule has 1 aliphatic rings. The summed E-state index contributed by atoms with van der Waals surface area (Å²) in [6, 6.07) is 8.89. The molecule has 1 saturated carbocycles. The van der Waals surface area contributed by atoms with Crippen molar-refractivity contribution in [2.45, 2.75) is 51.5 Å². The molecule has 1 aliphatic carbocycles. The minimum atomic E-state index is -0.299. The first-order valence-electron chi connectivity index (χ1n) is 9.13. The zero-order valence-electron chi connectivity index (χ0n) is 15.0. The summed E-state index contributed by atoms with van der Waals surface area (Å²) in [4.78, 5) is 32.1. The topological polar surface area (TPSA) is 84.0 Å². The van der Waals surface area contributed by atoms with Crippen LogP contribution in [0.25, 0.3) is 0 Å². The summed E-state index contributed by atoms with van der Waals surface area (Å²) in [5.41, 5.74) is 1.54. The number of aromatic nitrogens is 2. The third kappa shape index (κ3) is 4.88. The molecule has 2 aromatic rings. The summed E-state index contributed by atoms with van der Waals surface area (Å²) >= 11 is 0. The van der Waals surface area contributed by atoms with Crippen LogP contribution in [0.4, 0.5) is 11.5 Å². The fraction of sp³-hybridized carbons (Fsp3) is 0.400. The van der Waals surface area contributed by atoms with Crippen LogP contribution in [0.1, 0.15) is 66.3 Å². The van der Waals surface area contributed by atoms with Crippen LogP contribution >= 0.6 is 0 Å². The number of carbonyl (C=O) groups is 2. The van der Waals surface area contributed by atoms with E-state index in [4.69, 9.17) is 0 Å². The lowest BCUT2D eigenvalue weighted by molar-refractivity contribution is 0.101. The van der Waals surface area contributed by atoms with Gasteiger partial charge in [-0.2, -0.15) is 0 Å². The minimum absolute atomic E-state index is 0.00657. The summed E-state index contributed by atoms with van der Waals surface area (Å²) in [6.45, 7) is 1.51. The molecule has 136 valence electrons. The predicted octanol–water partition coefficient (Wildman–Crippen LogP) is 4.07. The first-order valence-corrected chi connectivity index (χ1v) is 9.13. The van der Waals surface area contributed by atoms with E-state index in [1.54, 1.807) is 30.3 Å². The number of anilines is 2. The number of hydrogen-bond acceptors (Lipinski definition) is 5. The molecule has 1 fully saturated rings. The number of hydrogen-bond donors (Lipinski definition) is 2. The van der Waals surface area contributed by atoms with Crippen LogP contribution in [-0.2, 0) is 0 Å². The van der Waals surface area contributed by atoms with Crippen molar-refractivity contribution in [2.75, 3.05) is 10.6 Å². The second-order valence-corrected chi connectivity index (χ2v) is 6.71. The molecular weight excluding hydrogens is 328 g/mol. The Morgan fingerprint density at radius 2 is 1.69 bits per heavy atom. The number of carbonyl (C=O) groups excluding carboxylic acids is 2. The Bertz CT molecular complexity index is 766. The van der Waals surface area contributed by atoms with Crippen molar-refractivity contribution in [3.63, 3.8) is 0 Å². The lowest BCUT2D eigenvalue weighted by atomic mass is 10.1. The van der Waals surface area contributed by atoms with E-state index in [1.807, 2.05) is 0 Å². The molecule has 1 heterocycles. The number of ketones is 1. The van der Waals surface area contributed by atoms with Gasteiger partial charge in [-0.1, -0.05) is 25.7 Å². The maximum absolute atomic E-state index is 12.4. The average molecular weight is 352 g/mol. The van der Waals surface area contributed by atoms with E-state index >= 15 is 0 Å². The van der Waals surface area contributed by atoms with E-state index in [9.17, 15) is 9.59 Å². The smallest absolute Gasteiger partial charge is 0.274 e. The van der Waals surface area contributed by atoms with Crippen molar-refractivity contribution in [3.8, 4) is 0 Å². The van der Waals surface area contributed by atoms with E-state index in [0.717, 1.165) is 12.8 Å². The summed E-state index contributed by atoms with van der Waals surface area (Å²) in [5, 5.41) is 6.23. The first kappa shape index (κ1) is 18.0. The van der Waals surface area contributed by atoms with Gasteiger partial charge in [0, 0.05) is 23.4 Å². The average Bonchev–Trinajstić information content (AvgIpc) is 2.91. The maximum Gasteiger partial charge on any atom is 0.274 e. The van der Waals surface area contributed by atoms with Gasteiger partial charge in [0.25, 0.3) is 5.91 Å². The van der Waals surface area contributed by atoms with Crippen LogP contribution in [0.15, 0.2) is 36.7 Å². The Kier molecular flexibility index (Phi) is 5.94. The van der Waals surface area contributed by atoms with Gasteiger partial charge in [0.2, 0.25) is 0 Å². The molecule has 3 rings (SSSR count). The third-order valence-electron chi connectivity index (χ3n) is 4.66. The normalized spacial score (nSPS) is 15.1. The van der Waals surface area contributed by atoms with Gasteiger partial charge in [-0.05, 0) is 44.0 Å². The number of amides is 1. The van der Waals surface area contributed by atoms with Crippen molar-refractivity contribution in [2.24, 2.45) is 0 Å². The van der Waals surface area contributed by atoms with Crippen LogP contribution in [-0.4, -0.2) is 27.7 Å². The molecular formula is C20H24N4O2. The molecule has 1 aromatic heterocycles. The molecule has 1 aromatic carbocycles. The van der Waals surface area contributed by atoms with E-state index in [1.165, 1.54) is 38.9 Å². The molecule has 6 nitrogen and oxygen atoms in total. The van der Waals surface area contributed by atoms with Gasteiger partial charge >= 0.3 is 0 Å². The zero-order chi connectivity index (χ0) is 18.4. The Morgan fingerprint density at radius 1 is 1.00 bits per heavy atom. The molecule has 1 amide bonds. The monoisotopic (exact) mass is 352 g/mol. The highest BCUT2D eigenvalue weighted by Gasteiger charge is 2.14. The summed E-state index contributed by atoms with van der Waals surface area (Å²) < 4.78 is 0. The molecule has 0 unspecified atom stereocenters. The molecule has 0 aliphatic heterocycles. The van der Waals surface area contributed by atoms with E-state index in [2.05, 4.69) is 20.6 Å². The lowest BCUT2D eigenvalue weighted by Crippen LogP contribution is -2.20. The summed E-state index contributed by atoms with van der Waals surface area (Å²) in [7, 11) is 0. The molecule has 0 bridgehead atoms. The highest BCUT2D eigenvalue weighted by atomic mass is 16.2. The Balaban J connectivity index is 1.64. The Hall–Kier alpha value is -2.76. The number of nitrogens with one attached hydrogen (secondary N) is 2. The number of rotatable bonds is 5. The van der Waals surface area contributed by atoms with Crippen molar-refractivity contribution in [1.82, 2.24) is 9.97 Å². The van der Waals surface area contributed by atoms with E-state index in [0.29, 0.717) is 28.8 Å². The van der Waals surface area contributed by atoms with Crippen LogP contribution in [0.3, 0.4) is 0 Å². The van der Waals surface area contributed by atoms with Crippen LogP contribution < -0.4 is 10.6 Å². The highest BCUT2D eigenvalue weighted by molar-refractivity contribution is 6.03. The summed E-state index contributed by atoms with van der Waals surface area (Å²) in [6.07, 6.45) is 8.71. The van der Waals surface area contributed by atoms with Gasteiger partial charge in [-0.15, -0.1) is 0 Å². The minimum Gasteiger partial charge on any atom is -0.367 e. The van der Waals surface area contributed by atoms with E-state index < -0.39 is 0 Å². The van der Waals surface area contributed by atoms with Crippen molar-refractivity contribution in [3.05, 3.63) is 47.9 Å². The van der Waals surface area contributed by atoms with Gasteiger partial charge in [0.1, 0.15) is 17.8 Å². The molecule has 0 radical (unpaired) electrons. The molecule has 0 saturated heterocycles. The number of Topliss-reactive ketones (excluding diaryl/α,β-unsaturated/α-hetero) is 1. The van der Waals surface area contributed by atoms with Crippen molar-refractivity contribution < 1.29 is 9.59 Å². The number of nitrogens with zero attached hydrogens (tertiary/aromatic N) is 2. The van der Waals surface area contributed by atoms with Crippen molar-refractivity contribution in [1.29, 1.82) is 0 Å². The highest BCUT2D eigenvalue weighted by Crippen LogP contribution is 2.20. The lowest BCUT2D eigenvalue weighted by Gasteiger charge is -2.17. The molecule has 26 heavy (non-hydrogen) atoms. The van der Waals surface area contributed by atoms with Gasteiger partial charge in [-0.3, -0.25) is 9.59 Å². The summed E-state index contributed by atoms with van der Waals surface area (Å²) in [5.74, 6) is 0.378. The zero-order valence-corrected chi connectivity index (χ0v) is 15.0. The SMILES string of the molecule is CC(=O)c1ccc(NC(=O)c2cc(NC3CCCCCC3)ncn2)cc1. The molecule has 0 atom stereocenters. The van der Waals surface area contributed by atoms with Gasteiger partial charge in [0.05, 0.1) is 0 Å². The largest absolute Gasteiger partial charge is 0.367 e. The Morgan fingerprint density at radius 3 is 2.35 bits per heavy atom. The molecule has 6 heteroatoms. The predicted molar refractivity (Wildman–Crippen MR) is 102 cm³/mol. The van der Waals surface area contributed by atoms with Gasteiger partial charge in [0.15, 0.2) is 5.78 Å². The van der Waals surface area contributed by atoms with Crippen molar-refractivity contribution >= 4 is 23.2 Å². The fourth-order valence-corrected chi connectivity index (χ4v) is 3.18. The first-order chi connectivity index (χ1) is 12.6. The Labute approximate surface area is 153 Å². The third-order valence-corrected chi connectivity index (χ3v) is 4.66. The van der Waals surface area contributed by atoms with Crippen LogP contribution in [0.5, 0.6) is 0 Å². The molecule has 2 N–H and O–H groups in total. The second kappa shape index (κ2) is 8.56. The fourth-order valence-electron chi connectivity index (χ4n) is 3.18. The van der Waals surface area contributed by atoms with Crippen LogP contribution in [0, 0.1) is 0 Å². The standard InChI is InChI=1S/C20H24N4O2/c1-14(25)15-8-10-17(11-9-15)24-20(26)18-12-19(22-13-21-18)23-16-6-4-2-3-5-7-16/h8-13,16H,2-7H2,1H3,(H,24,26)(H,21,22,23). The molecule has 0 spiro atoms. The second-order valence-electron chi connectivity index (χ2n) is 6.71. The van der Waals surface area contributed by atoms with Gasteiger partial charge < -0.3 is 10.6 Å².